The van der Waals surface area contributed by atoms with Gasteiger partial charge in [0.1, 0.15) is 11.6 Å². The Morgan fingerprint density at radius 1 is 0.275 bits per heavy atom. The van der Waals surface area contributed by atoms with E-state index < -0.39 is 0 Å². The van der Waals surface area contributed by atoms with Crippen LogP contribution < -0.4 is 0 Å². The molecule has 0 atom stereocenters. The molecule has 0 spiro atoms. The summed E-state index contributed by atoms with van der Waals surface area (Å²) in [5.74, 6) is 1.53. The van der Waals surface area contributed by atoms with Crippen LogP contribution in [0.25, 0.3) is 143 Å². The minimum absolute atomic E-state index is 0.757. The first kappa shape index (κ1) is 39.3. The molecular formula is C65H42N4. The SMILES string of the molecule is Cc1ccc2c(c1)-c1ccc(-c3cccc(-c4nc(C)nc5c6ccccc6c6ccccc6c45)c3)cc1-c1ccccc1-c1ccc(-c3ccc4c5ccccc5c5cnc(C)nc5c4c3)cc1-2. The maximum absolute atomic E-state index is 5.19. The number of hydrogen-bond acceptors (Lipinski definition) is 4. The Hall–Kier alpha value is -8.86. The molecule has 2 aromatic heterocycles. The largest absolute Gasteiger partial charge is 0.241 e. The normalized spacial score (nSPS) is 12.0. The molecule has 0 bridgehead atoms. The van der Waals surface area contributed by atoms with E-state index in [1.54, 1.807) is 0 Å². The average molecular weight is 879 g/mol. The van der Waals surface area contributed by atoms with Crippen LogP contribution in [0.2, 0.25) is 0 Å². The maximum Gasteiger partial charge on any atom is 0.126 e. The second kappa shape index (κ2) is 15.1. The molecule has 4 heteroatoms. The van der Waals surface area contributed by atoms with Crippen LogP contribution in [0.4, 0.5) is 0 Å². The molecule has 0 fully saturated rings. The Labute approximate surface area is 399 Å². The van der Waals surface area contributed by atoms with E-state index in [1.807, 2.05) is 20.0 Å². The van der Waals surface area contributed by atoms with Crippen molar-refractivity contribution in [1.82, 2.24) is 19.9 Å². The van der Waals surface area contributed by atoms with Crippen molar-refractivity contribution in [3.8, 4) is 78.0 Å². The van der Waals surface area contributed by atoms with Crippen LogP contribution >= 0.6 is 0 Å². The fourth-order valence-corrected chi connectivity index (χ4v) is 11.3. The lowest BCUT2D eigenvalue weighted by atomic mass is 9.79. The zero-order chi connectivity index (χ0) is 45.9. The van der Waals surface area contributed by atoms with Gasteiger partial charge in [-0.1, -0.05) is 175 Å². The van der Waals surface area contributed by atoms with Crippen LogP contribution in [-0.2, 0) is 0 Å². The minimum Gasteiger partial charge on any atom is -0.241 e. The second-order valence-corrected chi connectivity index (χ2v) is 18.6. The first-order chi connectivity index (χ1) is 33.9. The van der Waals surface area contributed by atoms with Crippen molar-refractivity contribution in [2.75, 3.05) is 0 Å². The Morgan fingerprint density at radius 3 is 1.48 bits per heavy atom. The van der Waals surface area contributed by atoms with Gasteiger partial charge < -0.3 is 0 Å². The molecule has 4 nitrogen and oxygen atoms in total. The van der Waals surface area contributed by atoms with Crippen molar-refractivity contribution in [3.63, 3.8) is 0 Å². The first-order valence-electron chi connectivity index (χ1n) is 23.7. The molecule has 322 valence electrons. The van der Waals surface area contributed by atoms with Gasteiger partial charge in [0.2, 0.25) is 0 Å². The number of fused-ring (bicyclic) bond motifs is 20. The molecule has 69 heavy (non-hydrogen) atoms. The van der Waals surface area contributed by atoms with Gasteiger partial charge in [0.25, 0.3) is 0 Å². The number of aryl methyl sites for hydroxylation is 3. The third-order valence-electron chi connectivity index (χ3n) is 14.5. The van der Waals surface area contributed by atoms with Gasteiger partial charge in [0, 0.05) is 33.3 Å². The van der Waals surface area contributed by atoms with E-state index in [0.29, 0.717) is 0 Å². The first-order valence-corrected chi connectivity index (χ1v) is 23.7. The van der Waals surface area contributed by atoms with Crippen LogP contribution in [0.15, 0.2) is 200 Å². The van der Waals surface area contributed by atoms with Crippen molar-refractivity contribution in [1.29, 1.82) is 0 Å². The predicted octanol–water partition coefficient (Wildman–Crippen LogP) is 17.1. The van der Waals surface area contributed by atoms with Gasteiger partial charge in [-0.05, 0) is 144 Å². The van der Waals surface area contributed by atoms with E-state index in [1.165, 1.54) is 77.0 Å². The summed E-state index contributed by atoms with van der Waals surface area (Å²) in [5, 5.41) is 11.6. The third kappa shape index (κ3) is 6.08. The van der Waals surface area contributed by atoms with Crippen LogP contribution in [0.3, 0.4) is 0 Å². The lowest BCUT2D eigenvalue weighted by Crippen LogP contribution is -1.99. The molecular weight excluding hydrogens is 837 g/mol. The lowest BCUT2D eigenvalue weighted by molar-refractivity contribution is 1.10. The number of nitrogens with zero attached hydrogens (tertiary/aromatic N) is 4. The van der Waals surface area contributed by atoms with E-state index >= 15 is 0 Å². The Kier molecular flexibility index (Phi) is 8.59. The van der Waals surface area contributed by atoms with Crippen LogP contribution in [0.5, 0.6) is 0 Å². The minimum atomic E-state index is 0.757. The number of benzene rings is 11. The topological polar surface area (TPSA) is 51.6 Å². The summed E-state index contributed by atoms with van der Waals surface area (Å²) in [4.78, 5) is 19.9. The van der Waals surface area contributed by atoms with Gasteiger partial charge in [0.05, 0.1) is 16.7 Å². The lowest BCUT2D eigenvalue weighted by Gasteiger charge is -2.25. The maximum atomic E-state index is 5.19. The van der Waals surface area contributed by atoms with Gasteiger partial charge in [-0.3, -0.25) is 0 Å². The summed E-state index contributed by atoms with van der Waals surface area (Å²) in [6.45, 7) is 6.17. The zero-order valence-corrected chi connectivity index (χ0v) is 38.3. The Bertz CT molecular complexity index is 4360. The molecule has 0 N–H and O–H groups in total. The quantitative estimate of drug-likeness (QED) is 0.166. The molecule has 1 aliphatic rings. The zero-order valence-electron chi connectivity index (χ0n) is 38.3. The molecule has 0 unspecified atom stereocenters. The monoisotopic (exact) mass is 878 g/mol. The van der Waals surface area contributed by atoms with Gasteiger partial charge in [-0.15, -0.1) is 0 Å². The summed E-state index contributed by atoms with van der Waals surface area (Å²) in [7, 11) is 0. The highest BCUT2D eigenvalue weighted by Crippen LogP contribution is 2.50. The second-order valence-electron chi connectivity index (χ2n) is 18.6. The highest BCUT2D eigenvalue weighted by molar-refractivity contribution is 6.27. The predicted molar refractivity (Wildman–Crippen MR) is 288 cm³/mol. The van der Waals surface area contributed by atoms with E-state index in [0.717, 1.165) is 83.1 Å². The van der Waals surface area contributed by atoms with Crippen molar-refractivity contribution in [2.45, 2.75) is 20.8 Å². The molecule has 11 aromatic carbocycles. The summed E-state index contributed by atoms with van der Waals surface area (Å²) in [6, 6.07) is 71.6. The van der Waals surface area contributed by atoms with E-state index in [-0.39, 0.29) is 0 Å². The molecule has 13 aromatic rings. The fourth-order valence-electron chi connectivity index (χ4n) is 11.3. The molecule has 0 radical (unpaired) electrons. The Morgan fingerprint density at radius 2 is 0.754 bits per heavy atom. The van der Waals surface area contributed by atoms with Gasteiger partial charge in [-0.25, -0.2) is 19.9 Å². The van der Waals surface area contributed by atoms with Crippen LogP contribution in [0, 0.1) is 20.8 Å². The molecule has 14 rings (SSSR count). The number of aromatic nitrogens is 4. The number of rotatable bonds is 3. The van der Waals surface area contributed by atoms with E-state index in [2.05, 4.69) is 206 Å². The molecule has 1 aliphatic carbocycles. The summed E-state index contributed by atoms with van der Waals surface area (Å²) < 4.78 is 0. The van der Waals surface area contributed by atoms with Gasteiger partial charge >= 0.3 is 0 Å². The Balaban J connectivity index is 0.934. The smallest absolute Gasteiger partial charge is 0.126 e. The van der Waals surface area contributed by atoms with Gasteiger partial charge in [-0.2, -0.15) is 0 Å². The van der Waals surface area contributed by atoms with Crippen LogP contribution in [0.1, 0.15) is 17.2 Å². The van der Waals surface area contributed by atoms with Crippen molar-refractivity contribution < 1.29 is 0 Å². The average Bonchev–Trinajstić information content (AvgIpc) is 3.40. The summed E-state index contributed by atoms with van der Waals surface area (Å²) >= 11 is 0. The third-order valence-corrected chi connectivity index (χ3v) is 14.5. The summed E-state index contributed by atoms with van der Waals surface area (Å²) in [5.41, 5.74) is 19.5. The van der Waals surface area contributed by atoms with E-state index in [9.17, 15) is 0 Å². The van der Waals surface area contributed by atoms with Gasteiger partial charge in [0.15, 0.2) is 0 Å². The van der Waals surface area contributed by atoms with Crippen molar-refractivity contribution in [3.05, 3.63) is 218 Å². The highest BCUT2D eigenvalue weighted by Gasteiger charge is 2.24. The highest BCUT2D eigenvalue weighted by atomic mass is 14.9. The molecule has 0 aliphatic heterocycles. The summed E-state index contributed by atoms with van der Waals surface area (Å²) in [6.07, 6.45) is 1.98. The fraction of sp³-hybridized carbons (Fsp3) is 0.0462. The standard InChI is InChI=1S/C65H42N4/c1-37-23-27-53-57(31-37)54-30-26-41(40-13-12-14-44(32-40)63-62-55-21-10-8-17-47(55)48-18-9-11-22-56(48)65(62)69-39(3)68-63)33-58(54)49-19-6-4-15-45(49)51-28-24-42(34-59(51)53)43-25-29-52-46-16-5-7-20-50(46)61-36-66-38(2)67-64(61)60(52)35-43/h4-36H,1-3H3. The number of hydrogen-bond donors (Lipinski definition) is 0. The molecule has 0 saturated carbocycles. The molecule has 0 saturated heterocycles. The van der Waals surface area contributed by atoms with Crippen molar-refractivity contribution >= 4 is 64.9 Å². The van der Waals surface area contributed by atoms with Crippen molar-refractivity contribution in [2.24, 2.45) is 0 Å². The molecule has 0 amide bonds. The molecule has 2 heterocycles. The van der Waals surface area contributed by atoms with Crippen LogP contribution in [-0.4, -0.2) is 19.9 Å². The van der Waals surface area contributed by atoms with E-state index in [4.69, 9.17) is 15.0 Å².